The Labute approximate surface area is 106 Å². The third kappa shape index (κ3) is 3.18. The van der Waals surface area contributed by atoms with E-state index in [1.807, 2.05) is 16.9 Å². The van der Waals surface area contributed by atoms with E-state index in [2.05, 4.69) is 18.7 Å². The van der Waals surface area contributed by atoms with E-state index in [1.165, 1.54) is 11.3 Å². The molecule has 96 valence electrons. The molecule has 0 aromatic carbocycles. The Kier molecular flexibility index (Phi) is 4.01. The fraction of sp³-hybridized carbons (Fsp3) is 0.750. The maximum absolute atomic E-state index is 11.6. The van der Waals surface area contributed by atoms with E-state index in [1.54, 1.807) is 0 Å². The molecule has 1 saturated heterocycles. The predicted octanol–water partition coefficient (Wildman–Crippen LogP) is 1.33. The summed E-state index contributed by atoms with van der Waals surface area (Å²) in [6.07, 6.45) is 0.582. The van der Waals surface area contributed by atoms with Crippen LogP contribution in [0.4, 0.5) is 0 Å². The molecule has 2 atom stereocenters. The molecule has 1 aromatic heterocycles. The first-order chi connectivity index (χ1) is 8.06. The molecule has 4 nitrogen and oxygen atoms in total. The highest BCUT2D eigenvalue weighted by molar-refractivity contribution is 7.07. The minimum absolute atomic E-state index is 0.150. The van der Waals surface area contributed by atoms with Gasteiger partial charge in [0.1, 0.15) is 0 Å². The van der Waals surface area contributed by atoms with Gasteiger partial charge in [0.05, 0.1) is 12.2 Å². The number of hydrogen-bond acceptors (Lipinski definition) is 4. The monoisotopic (exact) mass is 256 g/mol. The number of aryl methyl sites for hydroxylation is 1. The number of aromatic nitrogens is 1. The SMILES string of the molecule is Cc1csc(=O)n1CCN1C[C@@H](C)O[C@@H](C)C1. The van der Waals surface area contributed by atoms with E-state index in [0.29, 0.717) is 12.2 Å². The summed E-state index contributed by atoms with van der Waals surface area (Å²) >= 11 is 1.28. The van der Waals surface area contributed by atoms with Crippen LogP contribution in [0.5, 0.6) is 0 Å². The minimum Gasteiger partial charge on any atom is -0.373 e. The van der Waals surface area contributed by atoms with Crippen molar-refractivity contribution in [1.29, 1.82) is 0 Å². The summed E-state index contributed by atoms with van der Waals surface area (Å²) in [4.78, 5) is 14.1. The van der Waals surface area contributed by atoms with E-state index in [4.69, 9.17) is 4.74 Å². The largest absolute Gasteiger partial charge is 0.373 e. The van der Waals surface area contributed by atoms with Crippen molar-refractivity contribution in [2.45, 2.75) is 39.5 Å². The molecule has 0 radical (unpaired) electrons. The molecular weight excluding hydrogens is 236 g/mol. The summed E-state index contributed by atoms with van der Waals surface area (Å²) in [6, 6.07) is 0. The Hall–Kier alpha value is -0.650. The topological polar surface area (TPSA) is 34.5 Å². The van der Waals surface area contributed by atoms with Gasteiger partial charge in [0.2, 0.25) is 0 Å². The third-order valence-electron chi connectivity index (χ3n) is 3.11. The number of nitrogens with zero attached hydrogens (tertiary/aromatic N) is 2. The summed E-state index contributed by atoms with van der Waals surface area (Å²) in [5.41, 5.74) is 1.06. The van der Waals surface area contributed by atoms with Crippen molar-refractivity contribution >= 4 is 11.3 Å². The molecule has 0 bridgehead atoms. The predicted molar refractivity (Wildman–Crippen MR) is 69.8 cm³/mol. The molecule has 0 aliphatic carbocycles. The molecule has 0 unspecified atom stereocenters. The molecule has 1 aliphatic heterocycles. The maximum atomic E-state index is 11.6. The van der Waals surface area contributed by atoms with Gasteiger partial charge < -0.3 is 9.30 Å². The van der Waals surface area contributed by atoms with Gasteiger partial charge in [0.25, 0.3) is 0 Å². The van der Waals surface area contributed by atoms with Crippen molar-refractivity contribution in [3.05, 3.63) is 20.7 Å². The molecule has 0 spiro atoms. The maximum Gasteiger partial charge on any atom is 0.307 e. The van der Waals surface area contributed by atoms with Crippen molar-refractivity contribution in [3.63, 3.8) is 0 Å². The molecule has 1 aromatic rings. The molecule has 0 N–H and O–H groups in total. The number of ether oxygens (including phenoxy) is 1. The van der Waals surface area contributed by atoms with Crippen molar-refractivity contribution < 1.29 is 4.74 Å². The minimum atomic E-state index is 0.150. The molecular formula is C12H20N2O2S. The van der Waals surface area contributed by atoms with Crippen LogP contribution < -0.4 is 4.87 Å². The average Bonchev–Trinajstić information content (AvgIpc) is 2.55. The van der Waals surface area contributed by atoms with Crippen LogP contribution in [0, 0.1) is 6.92 Å². The zero-order chi connectivity index (χ0) is 12.4. The van der Waals surface area contributed by atoms with Crippen LogP contribution in [0.3, 0.4) is 0 Å². The summed E-state index contributed by atoms with van der Waals surface area (Å²) in [5, 5.41) is 1.92. The second-order valence-electron chi connectivity index (χ2n) is 4.81. The highest BCUT2D eigenvalue weighted by atomic mass is 32.1. The Morgan fingerprint density at radius 3 is 2.53 bits per heavy atom. The highest BCUT2D eigenvalue weighted by Gasteiger charge is 2.21. The molecule has 2 heterocycles. The van der Waals surface area contributed by atoms with E-state index in [0.717, 1.165) is 31.9 Å². The van der Waals surface area contributed by atoms with Gasteiger partial charge in [-0.3, -0.25) is 9.69 Å². The number of thiazole rings is 1. The van der Waals surface area contributed by atoms with Crippen LogP contribution >= 0.6 is 11.3 Å². The van der Waals surface area contributed by atoms with Gasteiger partial charge in [-0.25, -0.2) is 0 Å². The fourth-order valence-corrected chi connectivity index (χ4v) is 3.14. The normalized spacial score (nSPS) is 26.3. The Morgan fingerprint density at radius 2 is 2.00 bits per heavy atom. The van der Waals surface area contributed by atoms with Crippen molar-refractivity contribution in [2.24, 2.45) is 0 Å². The van der Waals surface area contributed by atoms with Crippen LogP contribution in [0.15, 0.2) is 10.2 Å². The van der Waals surface area contributed by atoms with Gasteiger partial charge in [-0.1, -0.05) is 11.3 Å². The summed E-state index contributed by atoms with van der Waals surface area (Å²) < 4.78 is 7.55. The lowest BCUT2D eigenvalue weighted by Crippen LogP contribution is -2.46. The van der Waals surface area contributed by atoms with Crippen molar-refractivity contribution in [3.8, 4) is 0 Å². The standard InChI is InChI=1S/C12H20N2O2S/c1-9-8-17-12(15)14(9)5-4-13-6-10(2)16-11(3)7-13/h8,10-11H,4-7H2,1-3H3/t10-,11+. The van der Waals surface area contributed by atoms with Gasteiger partial charge in [-0.05, 0) is 20.8 Å². The van der Waals surface area contributed by atoms with Crippen molar-refractivity contribution in [2.75, 3.05) is 19.6 Å². The second-order valence-corrected chi connectivity index (χ2v) is 5.63. The Morgan fingerprint density at radius 1 is 1.35 bits per heavy atom. The third-order valence-corrected chi connectivity index (χ3v) is 3.99. The number of rotatable bonds is 3. The molecule has 2 rings (SSSR count). The zero-order valence-corrected chi connectivity index (χ0v) is 11.5. The summed E-state index contributed by atoms with van der Waals surface area (Å²) in [6.45, 7) is 9.82. The number of morpholine rings is 1. The van der Waals surface area contributed by atoms with Crippen LogP contribution in [0.1, 0.15) is 19.5 Å². The van der Waals surface area contributed by atoms with Gasteiger partial charge in [-0.15, -0.1) is 0 Å². The molecule has 5 heteroatoms. The molecule has 0 amide bonds. The lowest BCUT2D eigenvalue weighted by Gasteiger charge is -2.35. The van der Waals surface area contributed by atoms with Crippen LogP contribution in [-0.4, -0.2) is 41.3 Å². The molecule has 0 saturated carbocycles. The fourth-order valence-electron chi connectivity index (χ4n) is 2.38. The van der Waals surface area contributed by atoms with Crippen LogP contribution in [0.2, 0.25) is 0 Å². The first-order valence-corrected chi connectivity index (χ1v) is 6.97. The van der Waals surface area contributed by atoms with Gasteiger partial charge in [0.15, 0.2) is 0 Å². The quantitative estimate of drug-likeness (QED) is 0.818. The van der Waals surface area contributed by atoms with Crippen LogP contribution in [-0.2, 0) is 11.3 Å². The van der Waals surface area contributed by atoms with Gasteiger partial charge >= 0.3 is 4.87 Å². The summed E-state index contributed by atoms with van der Waals surface area (Å²) in [7, 11) is 0. The lowest BCUT2D eigenvalue weighted by atomic mass is 10.2. The van der Waals surface area contributed by atoms with Gasteiger partial charge in [0, 0.05) is 37.3 Å². The average molecular weight is 256 g/mol. The van der Waals surface area contributed by atoms with E-state index < -0.39 is 0 Å². The second kappa shape index (κ2) is 5.33. The van der Waals surface area contributed by atoms with Gasteiger partial charge in [-0.2, -0.15) is 0 Å². The molecule has 17 heavy (non-hydrogen) atoms. The van der Waals surface area contributed by atoms with E-state index >= 15 is 0 Å². The van der Waals surface area contributed by atoms with E-state index in [-0.39, 0.29) is 4.87 Å². The van der Waals surface area contributed by atoms with E-state index in [9.17, 15) is 4.79 Å². The lowest BCUT2D eigenvalue weighted by molar-refractivity contribution is -0.0686. The van der Waals surface area contributed by atoms with Crippen molar-refractivity contribution in [1.82, 2.24) is 9.47 Å². The molecule has 1 fully saturated rings. The first kappa shape index (κ1) is 12.8. The zero-order valence-electron chi connectivity index (χ0n) is 10.7. The Balaban J connectivity index is 1.92. The smallest absolute Gasteiger partial charge is 0.307 e. The number of hydrogen-bond donors (Lipinski definition) is 0. The molecule has 1 aliphatic rings. The summed E-state index contributed by atoms with van der Waals surface area (Å²) in [5.74, 6) is 0. The first-order valence-electron chi connectivity index (χ1n) is 6.09. The van der Waals surface area contributed by atoms with Crippen LogP contribution in [0.25, 0.3) is 0 Å². The Bertz CT molecular complexity index is 416. The highest BCUT2D eigenvalue weighted by Crippen LogP contribution is 2.10.